The number of fused-ring (bicyclic) bond motifs is 1. The smallest absolute Gasteiger partial charge is 0.271 e. The van der Waals surface area contributed by atoms with Crippen LogP contribution in [0.4, 0.5) is 0 Å². The van der Waals surface area contributed by atoms with Crippen LogP contribution in [0, 0.1) is 0 Å². The summed E-state index contributed by atoms with van der Waals surface area (Å²) >= 11 is 2.96. The number of hydrogen-bond acceptors (Lipinski definition) is 8. The van der Waals surface area contributed by atoms with Crippen LogP contribution in [0.15, 0.2) is 108 Å². The van der Waals surface area contributed by atoms with Gasteiger partial charge in [-0.3, -0.25) is 24.4 Å². The van der Waals surface area contributed by atoms with Gasteiger partial charge in [-0.1, -0.05) is 36.4 Å². The van der Waals surface area contributed by atoms with Crippen molar-refractivity contribution in [2.24, 2.45) is 0 Å². The van der Waals surface area contributed by atoms with Gasteiger partial charge in [-0.25, -0.2) is 4.98 Å². The molecule has 1 unspecified atom stereocenters. The third-order valence-corrected chi connectivity index (χ3v) is 8.41. The lowest BCUT2D eigenvalue weighted by Crippen LogP contribution is -2.32. The average Bonchev–Trinajstić information content (AvgIpc) is 3.86. The van der Waals surface area contributed by atoms with Crippen molar-refractivity contribution in [2.75, 3.05) is 0 Å². The summed E-state index contributed by atoms with van der Waals surface area (Å²) in [6, 6.07) is 22.9. The monoisotopic (exact) mass is 637 g/mol. The van der Waals surface area contributed by atoms with Gasteiger partial charge in [0.1, 0.15) is 5.69 Å². The number of carbonyl (C=O) groups is 3. The van der Waals surface area contributed by atoms with Crippen LogP contribution in [0.1, 0.15) is 46.1 Å². The summed E-state index contributed by atoms with van der Waals surface area (Å²) in [7, 11) is 0. The first-order valence-corrected chi connectivity index (χ1v) is 15.9. The zero-order valence-corrected chi connectivity index (χ0v) is 26.1. The molecule has 1 atom stereocenters. The zero-order valence-electron chi connectivity index (χ0n) is 24.4. The van der Waals surface area contributed by atoms with E-state index in [4.69, 9.17) is 0 Å². The summed E-state index contributed by atoms with van der Waals surface area (Å²) < 4.78 is 1.88. The van der Waals surface area contributed by atoms with Crippen molar-refractivity contribution < 1.29 is 14.4 Å². The van der Waals surface area contributed by atoms with Gasteiger partial charge in [0.2, 0.25) is 11.8 Å². The first-order valence-electron chi connectivity index (χ1n) is 14.1. The summed E-state index contributed by atoms with van der Waals surface area (Å²) in [6.07, 6.45) is 7.44. The Morgan fingerprint density at radius 2 is 1.67 bits per heavy atom. The molecule has 12 heteroatoms. The molecule has 0 saturated heterocycles. The predicted octanol–water partition coefficient (Wildman–Crippen LogP) is 5.44. The largest absolute Gasteiger partial charge is 0.350 e. The van der Waals surface area contributed by atoms with E-state index in [2.05, 4.69) is 30.9 Å². The fourth-order valence-corrected chi connectivity index (χ4v) is 5.98. The molecular formula is C33H31N7O3S2. The van der Waals surface area contributed by atoms with E-state index in [9.17, 15) is 14.4 Å². The van der Waals surface area contributed by atoms with Crippen molar-refractivity contribution in [1.82, 2.24) is 35.5 Å². The van der Waals surface area contributed by atoms with E-state index in [-0.39, 0.29) is 30.2 Å². The molecule has 1 aromatic carbocycles. The highest BCUT2D eigenvalue weighted by Gasteiger charge is 2.18. The van der Waals surface area contributed by atoms with Gasteiger partial charge in [-0.05, 0) is 47.2 Å². The molecule has 0 fully saturated rings. The number of thiazole rings is 1. The number of benzene rings is 1. The summed E-state index contributed by atoms with van der Waals surface area (Å²) in [5.74, 6) is -0.464. The first kappa shape index (κ1) is 31.2. The zero-order chi connectivity index (χ0) is 31.4. The maximum absolute atomic E-state index is 12.4. The number of pyridine rings is 2. The quantitative estimate of drug-likeness (QED) is 0.183. The summed E-state index contributed by atoms with van der Waals surface area (Å²) in [6.45, 7) is 2.21. The Bertz CT molecular complexity index is 1830. The lowest BCUT2D eigenvalue weighted by molar-refractivity contribution is -0.122. The van der Waals surface area contributed by atoms with Crippen LogP contribution >= 0.6 is 22.7 Å². The van der Waals surface area contributed by atoms with Gasteiger partial charge in [-0.15, -0.1) is 22.7 Å². The number of hydrogen-bond donors (Lipinski definition) is 3. The molecule has 10 nitrogen and oxygen atoms in total. The Morgan fingerprint density at radius 1 is 0.844 bits per heavy atom. The van der Waals surface area contributed by atoms with Crippen molar-refractivity contribution in [3.63, 3.8) is 0 Å². The van der Waals surface area contributed by atoms with Crippen molar-refractivity contribution in [2.45, 2.75) is 32.5 Å². The molecule has 6 aromatic rings. The molecule has 0 bridgehead atoms. The number of amides is 3. The minimum Gasteiger partial charge on any atom is -0.350 e. The van der Waals surface area contributed by atoms with Crippen LogP contribution < -0.4 is 16.0 Å². The second-order valence-corrected chi connectivity index (χ2v) is 11.7. The lowest BCUT2D eigenvalue weighted by atomic mass is 10.1. The van der Waals surface area contributed by atoms with Crippen molar-refractivity contribution in [3.8, 4) is 5.13 Å². The van der Waals surface area contributed by atoms with Gasteiger partial charge >= 0.3 is 0 Å². The minimum atomic E-state index is -0.307. The van der Waals surface area contributed by atoms with Gasteiger partial charge in [0.15, 0.2) is 5.13 Å². The number of nitrogens with zero attached hydrogens (tertiary/aromatic N) is 4. The molecule has 6 rings (SSSR count). The minimum absolute atomic E-state index is 0.123. The van der Waals surface area contributed by atoms with Crippen molar-refractivity contribution in [1.29, 1.82) is 0 Å². The topological polar surface area (TPSA) is 131 Å². The molecule has 5 heterocycles. The fourth-order valence-electron chi connectivity index (χ4n) is 4.43. The maximum Gasteiger partial charge on any atom is 0.271 e. The molecular weight excluding hydrogens is 607 g/mol. The van der Waals surface area contributed by atoms with E-state index in [1.807, 2.05) is 95.1 Å². The third-order valence-electron chi connectivity index (χ3n) is 6.57. The summed E-state index contributed by atoms with van der Waals surface area (Å²) in [5, 5.41) is 15.1. The van der Waals surface area contributed by atoms with Gasteiger partial charge < -0.3 is 20.5 Å². The molecule has 0 aliphatic carbocycles. The highest BCUT2D eigenvalue weighted by atomic mass is 32.1. The second kappa shape index (κ2) is 15.5. The molecule has 228 valence electrons. The molecule has 3 amide bonds. The standard InChI is InChI=1S/C19H19N3O2S.C14H12N4OS/c1-13(23)22-16(18-7-4-10-25-18)11-19(24)21-12-17-15-6-3-2-5-14(15)8-9-20-17;19-13(16-9-11-5-1-2-6-15-11)12-10-20-14(17-12)18-7-3-4-8-18/h2-10,16H,11-12H2,1H3,(H,21,24)(H,22,23);1-8,10H,9H2,(H,16,19). The van der Waals surface area contributed by atoms with Crippen LogP contribution in [0.5, 0.6) is 0 Å². The second-order valence-electron chi connectivity index (χ2n) is 9.84. The Kier molecular flexibility index (Phi) is 10.8. The van der Waals surface area contributed by atoms with E-state index >= 15 is 0 Å². The van der Waals surface area contributed by atoms with Crippen LogP contribution in [0.2, 0.25) is 0 Å². The Balaban J connectivity index is 0.000000182. The van der Waals surface area contributed by atoms with Crippen LogP contribution in [0.3, 0.4) is 0 Å². The van der Waals surface area contributed by atoms with E-state index in [1.54, 1.807) is 17.8 Å². The molecule has 0 saturated carbocycles. The molecule has 0 aliphatic rings. The molecule has 0 aliphatic heterocycles. The molecule has 45 heavy (non-hydrogen) atoms. The average molecular weight is 638 g/mol. The van der Waals surface area contributed by atoms with Crippen molar-refractivity contribution >= 4 is 51.2 Å². The van der Waals surface area contributed by atoms with E-state index in [1.165, 1.54) is 29.6 Å². The lowest BCUT2D eigenvalue weighted by Gasteiger charge is -2.16. The highest BCUT2D eigenvalue weighted by molar-refractivity contribution is 7.12. The van der Waals surface area contributed by atoms with Crippen LogP contribution in [0.25, 0.3) is 15.9 Å². The van der Waals surface area contributed by atoms with Crippen LogP contribution in [-0.4, -0.2) is 37.2 Å². The fraction of sp³-hybridized carbons (Fsp3) is 0.152. The number of carbonyl (C=O) groups excluding carboxylic acids is 3. The predicted molar refractivity (Wildman–Crippen MR) is 176 cm³/mol. The Labute approximate surface area is 268 Å². The molecule has 3 N–H and O–H groups in total. The van der Waals surface area contributed by atoms with E-state index in [0.717, 1.165) is 32.2 Å². The van der Waals surface area contributed by atoms with Crippen molar-refractivity contribution in [3.05, 3.63) is 130 Å². The summed E-state index contributed by atoms with van der Waals surface area (Å²) in [4.78, 5) is 49.6. The van der Waals surface area contributed by atoms with Gasteiger partial charge in [0, 0.05) is 47.4 Å². The van der Waals surface area contributed by atoms with Gasteiger partial charge in [0.25, 0.3) is 5.91 Å². The number of rotatable bonds is 10. The molecule has 0 radical (unpaired) electrons. The van der Waals surface area contributed by atoms with E-state index < -0.39 is 0 Å². The molecule has 5 aromatic heterocycles. The molecule has 0 spiro atoms. The number of aromatic nitrogens is 4. The SMILES string of the molecule is CC(=O)NC(CC(=O)NCc1nccc2ccccc12)c1cccs1.O=C(NCc1ccccn1)c1csc(-n2cccc2)n1. The number of thiophene rings is 1. The highest BCUT2D eigenvalue weighted by Crippen LogP contribution is 2.22. The Hall–Kier alpha value is -5.20. The maximum atomic E-state index is 12.4. The number of nitrogens with one attached hydrogen (secondary N) is 3. The third kappa shape index (κ3) is 8.91. The van der Waals surface area contributed by atoms with Gasteiger partial charge in [0.05, 0.1) is 36.9 Å². The van der Waals surface area contributed by atoms with Crippen LogP contribution in [-0.2, 0) is 22.7 Å². The first-order chi connectivity index (χ1) is 22.0. The normalized spacial score (nSPS) is 11.2. The van der Waals surface area contributed by atoms with E-state index in [0.29, 0.717) is 18.8 Å². The summed E-state index contributed by atoms with van der Waals surface area (Å²) in [5.41, 5.74) is 2.08. The Morgan fingerprint density at radius 3 is 2.42 bits per heavy atom. The van der Waals surface area contributed by atoms with Gasteiger partial charge in [-0.2, -0.15) is 0 Å².